The zero-order chi connectivity index (χ0) is 25.8. The van der Waals surface area contributed by atoms with Crippen molar-refractivity contribution in [2.45, 2.75) is 32.7 Å². The van der Waals surface area contributed by atoms with Crippen LogP contribution in [0.4, 0.5) is 8.78 Å². The monoisotopic (exact) mass is 518 g/mol. The third-order valence-electron chi connectivity index (χ3n) is 6.26. The van der Waals surface area contributed by atoms with Crippen molar-refractivity contribution in [3.05, 3.63) is 68.7 Å². The first-order valence-electron chi connectivity index (χ1n) is 11.6. The van der Waals surface area contributed by atoms with Gasteiger partial charge in [0.2, 0.25) is 5.91 Å². The molecule has 1 aliphatic rings. The number of aromatic amines is 1. The zero-order valence-corrected chi connectivity index (χ0v) is 20.3. The summed E-state index contributed by atoms with van der Waals surface area (Å²) in [5.41, 5.74) is -0.0400. The van der Waals surface area contributed by atoms with Crippen LogP contribution < -0.4 is 15.6 Å². The van der Waals surface area contributed by atoms with Gasteiger partial charge >= 0.3 is 0 Å². The van der Waals surface area contributed by atoms with E-state index >= 15 is 0 Å². The van der Waals surface area contributed by atoms with E-state index in [1.54, 1.807) is 11.8 Å². The van der Waals surface area contributed by atoms with Crippen LogP contribution in [-0.2, 0) is 11.3 Å². The number of ether oxygens (including phenoxy) is 1. The fourth-order valence-corrected chi connectivity index (χ4v) is 4.41. The molecular formula is C25H25ClF2N4O4. The number of likely N-dealkylation sites (tertiary alicyclic amines) is 1. The minimum atomic E-state index is -0.709. The first kappa shape index (κ1) is 25.6. The van der Waals surface area contributed by atoms with E-state index in [0.29, 0.717) is 31.0 Å². The molecule has 0 aliphatic carbocycles. The molecular weight excluding hydrogens is 494 g/mol. The quantitative estimate of drug-likeness (QED) is 0.495. The van der Waals surface area contributed by atoms with Gasteiger partial charge in [0.1, 0.15) is 11.2 Å². The molecule has 11 heteroatoms. The number of nitrogens with zero attached hydrogens (tertiary/aromatic N) is 2. The van der Waals surface area contributed by atoms with Crippen LogP contribution >= 0.6 is 11.6 Å². The van der Waals surface area contributed by atoms with E-state index in [0.717, 1.165) is 18.9 Å². The summed E-state index contributed by atoms with van der Waals surface area (Å²) in [4.78, 5) is 45.1. The largest absolute Gasteiger partial charge is 0.490 e. The summed E-state index contributed by atoms with van der Waals surface area (Å²) < 4.78 is 33.6. The third-order valence-corrected chi connectivity index (χ3v) is 6.55. The lowest BCUT2D eigenvalue weighted by Gasteiger charge is -2.31. The van der Waals surface area contributed by atoms with Gasteiger partial charge in [0.05, 0.1) is 17.1 Å². The van der Waals surface area contributed by atoms with Gasteiger partial charge in [-0.15, -0.1) is 0 Å². The van der Waals surface area contributed by atoms with E-state index in [2.05, 4.69) is 15.3 Å². The summed E-state index contributed by atoms with van der Waals surface area (Å²) in [6, 6.07) is 6.48. The maximum absolute atomic E-state index is 14.6. The second kappa shape index (κ2) is 11.0. The Labute approximate surface area is 210 Å². The molecule has 0 saturated carbocycles. The van der Waals surface area contributed by atoms with Gasteiger partial charge in [0.25, 0.3) is 11.5 Å². The molecule has 0 atom stereocenters. The topological polar surface area (TPSA) is 104 Å². The summed E-state index contributed by atoms with van der Waals surface area (Å²) >= 11 is 5.75. The summed E-state index contributed by atoms with van der Waals surface area (Å²) in [5, 5.41) is 2.42. The molecule has 8 nitrogen and oxygen atoms in total. The number of hydrogen-bond acceptors (Lipinski definition) is 5. The molecule has 2 N–H and O–H groups in total. The summed E-state index contributed by atoms with van der Waals surface area (Å²) in [5.74, 6) is -2.02. The van der Waals surface area contributed by atoms with Crippen molar-refractivity contribution < 1.29 is 23.1 Å². The molecule has 190 valence electrons. The molecule has 0 bridgehead atoms. The molecule has 2 amide bonds. The standard InChI is InChI=1S/C25H25ClF2N4O4/c1-14(33)32-9-6-15(7-10-32)8-11-36-22-19(28)4-5-20-21(22)24(34)31-23(30-20)25(35)29-13-16-2-3-18(27)17(26)12-16/h2-5,12,15H,6-11,13H2,1H3,(H,29,35)(H,30,31,34). The maximum Gasteiger partial charge on any atom is 0.287 e. The van der Waals surface area contributed by atoms with Crippen LogP contribution in [0.3, 0.4) is 0 Å². The highest BCUT2D eigenvalue weighted by Gasteiger charge is 2.22. The number of carbonyl (C=O) groups excluding carboxylic acids is 2. The van der Waals surface area contributed by atoms with Gasteiger partial charge in [0.15, 0.2) is 17.4 Å². The normalized spacial score (nSPS) is 14.2. The number of aromatic nitrogens is 2. The summed E-state index contributed by atoms with van der Waals surface area (Å²) in [7, 11) is 0. The Morgan fingerprint density at radius 1 is 1.19 bits per heavy atom. The highest BCUT2D eigenvalue weighted by Crippen LogP contribution is 2.27. The van der Waals surface area contributed by atoms with E-state index in [1.165, 1.54) is 24.3 Å². The number of H-pyrrole nitrogens is 1. The molecule has 1 saturated heterocycles. The number of hydrogen-bond donors (Lipinski definition) is 2. The average Bonchev–Trinajstić information content (AvgIpc) is 2.86. The summed E-state index contributed by atoms with van der Waals surface area (Å²) in [6.07, 6.45) is 2.33. The predicted octanol–water partition coefficient (Wildman–Crippen LogP) is 3.81. The van der Waals surface area contributed by atoms with Crippen LogP contribution in [0, 0.1) is 17.6 Å². The highest BCUT2D eigenvalue weighted by molar-refractivity contribution is 6.30. The Kier molecular flexibility index (Phi) is 7.83. The number of benzene rings is 2. The number of carbonyl (C=O) groups is 2. The molecule has 1 aromatic heterocycles. The van der Waals surface area contributed by atoms with Crippen molar-refractivity contribution in [3.8, 4) is 5.75 Å². The Morgan fingerprint density at radius 2 is 1.92 bits per heavy atom. The first-order chi connectivity index (χ1) is 17.2. The predicted molar refractivity (Wildman–Crippen MR) is 130 cm³/mol. The number of fused-ring (bicyclic) bond motifs is 1. The minimum absolute atomic E-state index is 0.0315. The van der Waals surface area contributed by atoms with Gasteiger partial charge in [-0.25, -0.2) is 13.8 Å². The van der Waals surface area contributed by atoms with Gasteiger partial charge in [-0.1, -0.05) is 17.7 Å². The molecule has 0 unspecified atom stereocenters. The molecule has 0 radical (unpaired) electrons. The van der Waals surface area contributed by atoms with E-state index in [4.69, 9.17) is 16.3 Å². The fourth-order valence-electron chi connectivity index (χ4n) is 4.21. The lowest BCUT2D eigenvalue weighted by Crippen LogP contribution is -2.37. The SMILES string of the molecule is CC(=O)N1CCC(CCOc2c(F)ccc3nc(C(=O)NCc4ccc(F)c(Cl)c4)[nH]c(=O)c23)CC1. The summed E-state index contributed by atoms with van der Waals surface area (Å²) in [6.45, 7) is 3.15. The van der Waals surface area contributed by atoms with Gasteiger partial charge < -0.3 is 19.9 Å². The Bertz CT molecular complexity index is 1360. The number of nitrogens with one attached hydrogen (secondary N) is 2. The number of amides is 2. The van der Waals surface area contributed by atoms with Crippen LogP contribution in [0.5, 0.6) is 5.75 Å². The Hall–Kier alpha value is -3.53. The molecule has 2 heterocycles. The van der Waals surface area contributed by atoms with E-state index in [9.17, 15) is 23.2 Å². The third kappa shape index (κ3) is 5.81. The molecule has 0 spiro atoms. The fraction of sp³-hybridized carbons (Fsp3) is 0.360. The smallest absolute Gasteiger partial charge is 0.287 e. The molecule has 2 aromatic carbocycles. The average molecular weight is 519 g/mol. The molecule has 3 aromatic rings. The second-order valence-electron chi connectivity index (χ2n) is 8.70. The Morgan fingerprint density at radius 3 is 2.61 bits per heavy atom. The van der Waals surface area contributed by atoms with Crippen LogP contribution in [-0.4, -0.2) is 46.4 Å². The van der Waals surface area contributed by atoms with Crippen molar-refractivity contribution in [3.63, 3.8) is 0 Å². The molecule has 1 aliphatic heterocycles. The van der Waals surface area contributed by atoms with E-state index in [1.807, 2.05) is 0 Å². The minimum Gasteiger partial charge on any atom is -0.490 e. The van der Waals surface area contributed by atoms with Crippen LogP contribution in [0.2, 0.25) is 5.02 Å². The lowest BCUT2D eigenvalue weighted by molar-refractivity contribution is -0.130. The van der Waals surface area contributed by atoms with Crippen molar-refractivity contribution in [1.82, 2.24) is 20.2 Å². The van der Waals surface area contributed by atoms with E-state index < -0.39 is 23.1 Å². The first-order valence-corrected chi connectivity index (χ1v) is 11.9. The molecule has 1 fully saturated rings. The Balaban J connectivity index is 1.43. The zero-order valence-electron chi connectivity index (χ0n) is 19.6. The maximum atomic E-state index is 14.6. The van der Waals surface area contributed by atoms with Crippen molar-refractivity contribution >= 4 is 34.3 Å². The molecule has 4 rings (SSSR count). The van der Waals surface area contributed by atoms with Gasteiger partial charge in [0, 0.05) is 26.6 Å². The number of halogens is 3. The van der Waals surface area contributed by atoms with Crippen molar-refractivity contribution in [1.29, 1.82) is 0 Å². The molecule has 36 heavy (non-hydrogen) atoms. The number of rotatable bonds is 7. The number of piperidine rings is 1. The van der Waals surface area contributed by atoms with Crippen molar-refractivity contribution in [2.75, 3.05) is 19.7 Å². The van der Waals surface area contributed by atoms with Crippen LogP contribution in [0.1, 0.15) is 42.4 Å². The van der Waals surface area contributed by atoms with Gasteiger partial charge in [-0.3, -0.25) is 14.4 Å². The van der Waals surface area contributed by atoms with Crippen LogP contribution in [0.25, 0.3) is 10.9 Å². The van der Waals surface area contributed by atoms with E-state index in [-0.39, 0.29) is 46.6 Å². The highest BCUT2D eigenvalue weighted by atomic mass is 35.5. The van der Waals surface area contributed by atoms with Gasteiger partial charge in [-0.05, 0) is 55.0 Å². The van der Waals surface area contributed by atoms with Crippen molar-refractivity contribution in [2.24, 2.45) is 5.92 Å². The lowest BCUT2D eigenvalue weighted by atomic mass is 9.94. The second-order valence-corrected chi connectivity index (χ2v) is 9.11. The van der Waals surface area contributed by atoms with Crippen LogP contribution in [0.15, 0.2) is 35.1 Å². The van der Waals surface area contributed by atoms with Gasteiger partial charge in [-0.2, -0.15) is 0 Å².